The molecule has 4 rings (SSSR count). The van der Waals surface area contributed by atoms with Crippen LogP contribution in [0, 0.1) is 6.92 Å². The molecule has 1 aliphatic carbocycles. The summed E-state index contributed by atoms with van der Waals surface area (Å²) >= 11 is 0. The summed E-state index contributed by atoms with van der Waals surface area (Å²) in [5, 5.41) is 0. The number of pyridine rings is 1. The quantitative estimate of drug-likeness (QED) is 0.789. The number of hydrogen-bond donors (Lipinski definition) is 0. The molecular weight excluding hydrogens is 336 g/mol. The summed E-state index contributed by atoms with van der Waals surface area (Å²) in [4.78, 5) is 21.7. The van der Waals surface area contributed by atoms with Crippen molar-refractivity contribution in [2.45, 2.75) is 57.4 Å². The maximum atomic E-state index is 13.5. The van der Waals surface area contributed by atoms with Gasteiger partial charge in [-0.05, 0) is 37.5 Å². The van der Waals surface area contributed by atoms with Crippen LogP contribution in [0.5, 0.6) is 0 Å². The minimum Gasteiger partial charge on any atom is -0.329 e. The molecule has 0 atom stereocenters. The van der Waals surface area contributed by atoms with Gasteiger partial charge in [0.1, 0.15) is 5.82 Å². The molecule has 1 fully saturated rings. The van der Waals surface area contributed by atoms with Gasteiger partial charge in [-0.25, -0.2) is 13.8 Å². The number of hydrogen-bond acceptors (Lipinski definition) is 3. The second-order valence-electron chi connectivity index (χ2n) is 7.27. The maximum Gasteiger partial charge on any atom is 0.248 e. The molecule has 136 valence electrons. The Morgan fingerprint density at radius 2 is 2.04 bits per heavy atom. The fourth-order valence-electron chi connectivity index (χ4n) is 3.84. The Kier molecular flexibility index (Phi) is 4.21. The molecule has 2 aromatic rings. The Balaban J connectivity index is 1.62. The predicted octanol–water partition coefficient (Wildman–Crippen LogP) is 4.84. The molecule has 6 heteroatoms. The van der Waals surface area contributed by atoms with E-state index in [1.807, 2.05) is 29.8 Å². The van der Waals surface area contributed by atoms with E-state index in [2.05, 4.69) is 4.98 Å². The fourth-order valence-corrected chi connectivity index (χ4v) is 3.84. The molecule has 0 amide bonds. The van der Waals surface area contributed by atoms with Crippen molar-refractivity contribution in [1.82, 2.24) is 9.55 Å². The second-order valence-corrected chi connectivity index (χ2v) is 7.27. The number of nitrogens with zero attached hydrogens (tertiary/aromatic N) is 3. The first kappa shape index (κ1) is 17.1. The van der Waals surface area contributed by atoms with E-state index in [1.54, 1.807) is 12.3 Å². The van der Waals surface area contributed by atoms with Gasteiger partial charge in [0, 0.05) is 49.1 Å². The molecule has 26 heavy (non-hydrogen) atoms. The number of alkyl halides is 2. The van der Waals surface area contributed by atoms with Crippen LogP contribution in [-0.4, -0.2) is 27.0 Å². The van der Waals surface area contributed by atoms with E-state index in [1.165, 1.54) is 0 Å². The van der Waals surface area contributed by atoms with Crippen LogP contribution in [0.3, 0.4) is 0 Å². The molecule has 0 radical (unpaired) electrons. The molecule has 0 spiro atoms. The minimum absolute atomic E-state index is 0.0224. The summed E-state index contributed by atoms with van der Waals surface area (Å²) in [7, 11) is 0. The van der Waals surface area contributed by atoms with Gasteiger partial charge in [0.2, 0.25) is 5.92 Å². The van der Waals surface area contributed by atoms with Crippen LogP contribution in [0.4, 0.5) is 14.6 Å². The van der Waals surface area contributed by atoms with Crippen LogP contribution in [-0.2, 0) is 6.42 Å². The van der Waals surface area contributed by atoms with Crippen molar-refractivity contribution < 1.29 is 13.6 Å². The SMILES string of the molecule is Cc1cccnc1CC1=Nc2c(ccn2C2CCC(F)(F)CC2)C(=O)C1. The number of fused-ring (bicyclic) bond motifs is 1. The van der Waals surface area contributed by atoms with Gasteiger partial charge in [0.15, 0.2) is 5.78 Å². The Morgan fingerprint density at radius 3 is 2.77 bits per heavy atom. The van der Waals surface area contributed by atoms with Crippen molar-refractivity contribution in [2.24, 2.45) is 4.99 Å². The van der Waals surface area contributed by atoms with Crippen LogP contribution < -0.4 is 0 Å². The number of aryl methyl sites for hydroxylation is 1. The first-order valence-corrected chi connectivity index (χ1v) is 9.02. The molecular formula is C20H21F2N3O. The van der Waals surface area contributed by atoms with E-state index in [0.29, 0.717) is 30.6 Å². The number of carbonyl (C=O) groups is 1. The topological polar surface area (TPSA) is 47.2 Å². The van der Waals surface area contributed by atoms with Crippen LogP contribution in [0.15, 0.2) is 35.6 Å². The first-order valence-electron chi connectivity index (χ1n) is 9.02. The molecule has 4 nitrogen and oxygen atoms in total. The molecule has 1 saturated carbocycles. The number of rotatable bonds is 3. The average Bonchev–Trinajstić information content (AvgIpc) is 3.01. The summed E-state index contributed by atoms with van der Waals surface area (Å²) < 4.78 is 28.9. The van der Waals surface area contributed by atoms with Gasteiger partial charge in [-0.1, -0.05) is 6.07 Å². The zero-order valence-electron chi connectivity index (χ0n) is 14.7. The normalized spacial score (nSPS) is 20.0. The van der Waals surface area contributed by atoms with Crippen molar-refractivity contribution >= 4 is 17.3 Å². The van der Waals surface area contributed by atoms with Crippen molar-refractivity contribution in [3.05, 3.63) is 47.4 Å². The lowest BCUT2D eigenvalue weighted by Crippen LogP contribution is -2.26. The van der Waals surface area contributed by atoms with Crippen molar-refractivity contribution in [3.8, 4) is 0 Å². The standard InChI is InChI=1S/C20H21F2N3O/c1-13-3-2-9-23-17(13)11-14-12-18(26)16-6-10-25(19(16)24-14)15-4-7-20(21,22)8-5-15/h2-3,6,9-10,15H,4-5,7-8,11-12H2,1H3. The van der Waals surface area contributed by atoms with Gasteiger partial charge < -0.3 is 4.57 Å². The largest absolute Gasteiger partial charge is 0.329 e. The lowest BCUT2D eigenvalue weighted by atomic mass is 9.92. The van der Waals surface area contributed by atoms with E-state index in [9.17, 15) is 13.6 Å². The lowest BCUT2D eigenvalue weighted by molar-refractivity contribution is -0.0438. The van der Waals surface area contributed by atoms with E-state index in [4.69, 9.17) is 4.99 Å². The van der Waals surface area contributed by atoms with E-state index in [0.717, 1.165) is 17.0 Å². The third kappa shape index (κ3) is 3.20. The molecule has 0 unspecified atom stereocenters. The molecule has 1 aliphatic heterocycles. The number of halogens is 2. The van der Waals surface area contributed by atoms with E-state index >= 15 is 0 Å². The highest BCUT2D eigenvalue weighted by molar-refractivity contribution is 6.15. The number of aliphatic imine (C=N–C) groups is 1. The van der Waals surface area contributed by atoms with Gasteiger partial charge in [-0.15, -0.1) is 0 Å². The fraction of sp³-hybridized carbons (Fsp3) is 0.450. The van der Waals surface area contributed by atoms with E-state index < -0.39 is 5.92 Å². The summed E-state index contributed by atoms with van der Waals surface area (Å²) in [6, 6.07) is 5.63. The Morgan fingerprint density at radius 1 is 1.27 bits per heavy atom. The molecule has 2 aliphatic rings. The van der Waals surface area contributed by atoms with Crippen LogP contribution in [0.25, 0.3) is 0 Å². The van der Waals surface area contributed by atoms with Crippen LogP contribution in [0.2, 0.25) is 0 Å². The third-order valence-electron chi connectivity index (χ3n) is 5.39. The maximum absolute atomic E-state index is 13.5. The van der Waals surface area contributed by atoms with Gasteiger partial charge in [0.25, 0.3) is 0 Å². The molecule has 2 aromatic heterocycles. The minimum atomic E-state index is -2.57. The molecule has 0 bridgehead atoms. The number of ketones is 1. The van der Waals surface area contributed by atoms with Gasteiger partial charge in [-0.3, -0.25) is 9.78 Å². The van der Waals surface area contributed by atoms with Crippen LogP contribution >= 0.6 is 0 Å². The van der Waals surface area contributed by atoms with Crippen molar-refractivity contribution in [2.75, 3.05) is 0 Å². The van der Waals surface area contributed by atoms with Gasteiger partial charge in [-0.2, -0.15) is 0 Å². The van der Waals surface area contributed by atoms with Crippen molar-refractivity contribution in [1.29, 1.82) is 0 Å². The Bertz CT molecular complexity index is 875. The highest BCUT2D eigenvalue weighted by atomic mass is 19.3. The van der Waals surface area contributed by atoms with Gasteiger partial charge in [0.05, 0.1) is 12.0 Å². The Hall–Kier alpha value is -2.37. The summed E-state index contributed by atoms with van der Waals surface area (Å²) in [5.74, 6) is -1.90. The van der Waals surface area contributed by atoms with Crippen molar-refractivity contribution in [3.63, 3.8) is 0 Å². The Labute approximate surface area is 151 Å². The zero-order valence-corrected chi connectivity index (χ0v) is 14.7. The monoisotopic (exact) mass is 357 g/mol. The predicted molar refractivity (Wildman–Crippen MR) is 95.6 cm³/mol. The number of Topliss-reactive ketones (excluding diaryl/α,β-unsaturated/α-hetero) is 1. The average molecular weight is 357 g/mol. The van der Waals surface area contributed by atoms with Crippen LogP contribution in [0.1, 0.15) is 59.8 Å². The summed E-state index contributed by atoms with van der Waals surface area (Å²) in [5.41, 5.74) is 3.37. The van der Waals surface area contributed by atoms with E-state index in [-0.39, 0.29) is 31.1 Å². The molecule has 0 N–H and O–H groups in total. The summed E-state index contributed by atoms with van der Waals surface area (Å²) in [6.07, 6.45) is 4.99. The molecule has 3 heterocycles. The summed E-state index contributed by atoms with van der Waals surface area (Å²) in [6.45, 7) is 1.99. The molecule has 0 aromatic carbocycles. The molecule has 0 saturated heterocycles. The number of carbonyl (C=O) groups excluding carboxylic acids is 1. The highest BCUT2D eigenvalue weighted by Gasteiger charge is 2.36. The first-order chi connectivity index (χ1) is 12.4. The highest BCUT2D eigenvalue weighted by Crippen LogP contribution is 2.41. The third-order valence-corrected chi connectivity index (χ3v) is 5.39. The lowest BCUT2D eigenvalue weighted by Gasteiger charge is -2.30. The smallest absolute Gasteiger partial charge is 0.248 e. The second kappa shape index (κ2) is 6.41. The van der Waals surface area contributed by atoms with Gasteiger partial charge >= 0.3 is 0 Å². The zero-order chi connectivity index (χ0) is 18.3. The number of aromatic nitrogens is 2.